The molecular formula is C32H44ClN3O5S. The number of amides is 1. The molecule has 2 aliphatic heterocycles. The van der Waals surface area contributed by atoms with Crippen LogP contribution in [0.3, 0.4) is 0 Å². The molecule has 1 aliphatic carbocycles. The number of aryl methyl sites for hydroxylation is 1. The number of benzene rings is 2. The summed E-state index contributed by atoms with van der Waals surface area (Å²) in [5.74, 6) is 0.269. The average molecular weight is 618 g/mol. The third kappa shape index (κ3) is 6.90. The van der Waals surface area contributed by atoms with Crippen LogP contribution in [0.25, 0.3) is 0 Å². The number of aliphatic hydroxyl groups is 1. The Kier molecular flexibility index (Phi) is 9.72. The van der Waals surface area contributed by atoms with E-state index in [0.29, 0.717) is 36.1 Å². The molecule has 230 valence electrons. The molecule has 10 heteroatoms. The molecule has 2 aromatic carbocycles. The highest BCUT2D eigenvalue weighted by Gasteiger charge is 2.39. The zero-order valence-corrected chi connectivity index (χ0v) is 26.4. The van der Waals surface area contributed by atoms with Crippen LogP contribution in [0.2, 0.25) is 5.02 Å². The summed E-state index contributed by atoms with van der Waals surface area (Å²) in [4.78, 5) is 15.7. The Morgan fingerprint density at radius 2 is 1.88 bits per heavy atom. The molecule has 0 saturated heterocycles. The topological polar surface area (TPSA) is 108 Å². The molecule has 2 bridgehead atoms. The van der Waals surface area contributed by atoms with Crippen molar-refractivity contribution in [3.05, 3.63) is 58.1 Å². The first kappa shape index (κ1) is 31.1. The largest absolute Gasteiger partial charge is 0.487 e. The number of halogens is 1. The van der Waals surface area contributed by atoms with Gasteiger partial charge in [0.1, 0.15) is 12.4 Å². The van der Waals surface area contributed by atoms with Crippen LogP contribution in [-0.2, 0) is 23.1 Å². The fourth-order valence-corrected chi connectivity index (χ4v) is 8.20. The molecule has 0 radical (unpaired) electrons. The van der Waals surface area contributed by atoms with Crippen molar-refractivity contribution in [2.45, 2.75) is 82.8 Å². The summed E-state index contributed by atoms with van der Waals surface area (Å²) in [6.45, 7) is 5.38. The molecule has 6 atom stereocenters. The Labute approximate surface area is 255 Å². The number of nitrogens with zero attached hydrogens (tertiary/aromatic N) is 1. The molecule has 8 nitrogen and oxygen atoms in total. The maximum atomic E-state index is 13.4. The second-order valence-corrected chi connectivity index (χ2v) is 14.9. The summed E-state index contributed by atoms with van der Waals surface area (Å²) < 4.78 is 35.3. The highest BCUT2D eigenvalue weighted by atomic mass is 35.5. The second kappa shape index (κ2) is 13.1. The molecule has 1 fully saturated rings. The van der Waals surface area contributed by atoms with Gasteiger partial charge >= 0.3 is 0 Å². The average Bonchev–Trinajstić information content (AvgIpc) is 2.96. The molecule has 0 aromatic heterocycles. The van der Waals surface area contributed by atoms with E-state index in [1.54, 1.807) is 25.1 Å². The number of sulfonamides is 1. The summed E-state index contributed by atoms with van der Waals surface area (Å²) in [6, 6.07) is 11.0. The van der Waals surface area contributed by atoms with E-state index in [4.69, 9.17) is 16.3 Å². The van der Waals surface area contributed by atoms with Crippen molar-refractivity contribution in [1.82, 2.24) is 10.0 Å². The van der Waals surface area contributed by atoms with E-state index < -0.39 is 27.3 Å². The Bertz CT molecular complexity index is 1390. The molecule has 5 rings (SSSR count). The quantitative estimate of drug-likeness (QED) is 0.417. The van der Waals surface area contributed by atoms with Gasteiger partial charge in [0.2, 0.25) is 10.0 Å². The lowest BCUT2D eigenvalue weighted by molar-refractivity contribution is 0.00383. The van der Waals surface area contributed by atoms with E-state index in [1.807, 2.05) is 32.2 Å². The zero-order valence-electron chi connectivity index (χ0n) is 24.8. The number of rotatable bonds is 1. The number of fused-ring (bicyclic) bond motifs is 3. The highest BCUT2D eigenvalue weighted by molar-refractivity contribution is 7.90. The molecule has 1 amide bonds. The highest BCUT2D eigenvalue weighted by Crippen LogP contribution is 2.41. The van der Waals surface area contributed by atoms with Gasteiger partial charge in [-0.3, -0.25) is 4.79 Å². The Balaban J connectivity index is 1.53. The molecular weight excluding hydrogens is 574 g/mol. The van der Waals surface area contributed by atoms with Crippen molar-refractivity contribution in [2.75, 3.05) is 25.0 Å². The first-order valence-electron chi connectivity index (χ1n) is 15.3. The molecule has 2 heterocycles. The van der Waals surface area contributed by atoms with Crippen LogP contribution >= 0.6 is 11.6 Å². The molecule has 0 unspecified atom stereocenters. The van der Waals surface area contributed by atoms with Crippen LogP contribution in [-0.4, -0.2) is 57.0 Å². The van der Waals surface area contributed by atoms with Crippen molar-refractivity contribution in [1.29, 1.82) is 0 Å². The van der Waals surface area contributed by atoms with Crippen LogP contribution in [0, 0.1) is 17.8 Å². The second-order valence-electron chi connectivity index (χ2n) is 12.5. The number of carbonyl (C=O) groups is 1. The smallest absolute Gasteiger partial charge is 0.264 e. The number of aliphatic hydroxyl groups excluding tert-OH is 1. The van der Waals surface area contributed by atoms with Crippen molar-refractivity contribution in [2.24, 2.45) is 17.8 Å². The van der Waals surface area contributed by atoms with Crippen molar-refractivity contribution in [3.63, 3.8) is 0 Å². The number of hydrogen-bond acceptors (Lipinski definition) is 7. The van der Waals surface area contributed by atoms with Gasteiger partial charge in [0.05, 0.1) is 17.0 Å². The Hall–Kier alpha value is -2.33. The zero-order chi connectivity index (χ0) is 30.0. The number of hydrogen-bond donors (Lipinski definition) is 3. The Morgan fingerprint density at radius 3 is 2.62 bits per heavy atom. The fraction of sp³-hybridized carbons (Fsp3) is 0.594. The molecule has 3 aliphatic rings. The molecule has 42 heavy (non-hydrogen) atoms. The number of ether oxygens (including phenoxy) is 1. The number of carbonyl (C=O) groups excluding carboxylic acids is 1. The fourth-order valence-electron chi connectivity index (χ4n) is 6.72. The summed E-state index contributed by atoms with van der Waals surface area (Å²) in [6.07, 6.45) is 5.46. The van der Waals surface area contributed by atoms with E-state index in [0.717, 1.165) is 56.4 Å². The van der Waals surface area contributed by atoms with E-state index in [2.05, 4.69) is 14.9 Å². The minimum absolute atomic E-state index is 0.0295. The van der Waals surface area contributed by atoms with Crippen molar-refractivity contribution < 1.29 is 23.1 Å². The lowest BCUT2D eigenvalue weighted by Crippen LogP contribution is -2.46. The lowest BCUT2D eigenvalue weighted by Gasteiger charge is -2.44. The molecule has 3 N–H and O–H groups in total. The first-order chi connectivity index (χ1) is 20.1. The van der Waals surface area contributed by atoms with Crippen LogP contribution in [0.5, 0.6) is 5.75 Å². The maximum Gasteiger partial charge on any atom is 0.264 e. The molecule has 1 saturated carbocycles. The van der Waals surface area contributed by atoms with Gasteiger partial charge in [-0.15, -0.1) is 0 Å². The van der Waals surface area contributed by atoms with Crippen LogP contribution in [0.1, 0.15) is 73.9 Å². The van der Waals surface area contributed by atoms with Crippen LogP contribution in [0.15, 0.2) is 36.4 Å². The predicted molar refractivity (Wildman–Crippen MR) is 167 cm³/mol. The number of anilines is 1. The minimum Gasteiger partial charge on any atom is -0.487 e. The van der Waals surface area contributed by atoms with Gasteiger partial charge in [-0.25, -0.2) is 13.1 Å². The first-order valence-corrected chi connectivity index (χ1v) is 17.2. The number of nitrogens with one attached hydrogen (secondary N) is 2. The maximum absolute atomic E-state index is 13.4. The minimum atomic E-state index is -3.93. The summed E-state index contributed by atoms with van der Waals surface area (Å²) >= 11 is 6.31. The third-order valence-corrected chi connectivity index (χ3v) is 11.9. The van der Waals surface area contributed by atoms with Crippen LogP contribution < -0.4 is 19.7 Å². The monoisotopic (exact) mass is 617 g/mol. The van der Waals surface area contributed by atoms with Gasteiger partial charge in [-0.05, 0) is 118 Å². The van der Waals surface area contributed by atoms with Gasteiger partial charge in [0.25, 0.3) is 5.91 Å². The predicted octanol–water partition coefficient (Wildman–Crippen LogP) is 4.91. The third-order valence-electron chi connectivity index (χ3n) is 9.78. The van der Waals surface area contributed by atoms with E-state index in [-0.39, 0.29) is 23.4 Å². The summed E-state index contributed by atoms with van der Waals surface area (Å²) in [5.41, 5.74) is 3.30. The van der Waals surface area contributed by atoms with Gasteiger partial charge in [0.15, 0.2) is 0 Å². The van der Waals surface area contributed by atoms with Gasteiger partial charge in [0, 0.05) is 29.7 Å². The summed E-state index contributed by atoms with van der Waals surface area (Å²) in [7, 11) is -2.08. The van der Waals surface area contributed by atoms with Gasteiger partial charge in [-0.1, -0.05) is 24.6 Å². The van der Waals surface area contributed by atoms with Crippen molar-refractivity contribution in [3.8, 4) is 5.75 Å². The van der Waals surface area contributed by atoms with E-state index >= 15 is 0 Å². The van der Waals surface area contributed by atoms with Crippen LogP contribution in [0.4, 0.5) is 5.69 Å². The molecule has 2 aromatic rings. The van der Waals surface area contributed by atoms with E-state index in [1.165, 1.54) is 5.56 Å². The van der Waals surface area contributed by atoms with Gasteiger partial charge < -0.3 is 20.1 Å². The van der Waals surface area contributed by atoms with Crippen molar-refractivity contribution >= 4 is 33.2 Å². The van der Waals surface area contributed by atoms with Gasteiger partial charge in [-0.2, -0.15) is 0 Å². The molecule has 0 spiro atoms. The standard InChI is InChI=1S/C32H44ClN3O5S/c1-20-14-27(34-3)17-30(37)28-11-8-24(28)18-36-13-5-4-6-22-15-26(33)10-7-25(22)19-41-31-12-9-23(16-29(31)36)32(38)35-42(39,40)21(20)2/h7,9-10,12,15-16,20-21,24,27-28,30,34,37H,4-6,8,11,13-14,17-19H2,1-3H3,(H,35,38)/t20-,21+,24-,27-,28+,30+/m0/s1. The Morgan fingerprint density at radius 1 is 1.07 bits per heavy atom. The lowest BCUT2D eigenvalue weighted by atomic mass is 9.69. The SMILES string of the molecule is CN[C@@H]1C[C@@H](O)[C@@H]2CC[C@H]2CN2CCCCc3cc(Cl)ccc3COc3ccc(cc32)C(=O)NS(=O)(=O)[C@H](C)[C@@H](C)C1. The van der Waals surface area contributed by atoms with E-state index in [9.17, 15) is 18.3 Å². The summed E-state index contributed by atoms with van der Waals surface area (Å²) in [5, 5.41) is 14.6. The normalized spacial score (nSPS) is 30.4.